The number of hydrogen-bond acceptors (Lipinski definition) is 7. The molecule has 3 aromatic heterocycles. The van der Waals surface area contributed by atoms with Gasteiger partial charge in [0.05, 0.1) is 49.5 Å². The van der Waals surface area contributed by atoms with E-state index in [1.165, 1.54) is 0 Å². The Morgan fingerprint density at radius 2 is 2.14 bits per heavy atom. The van der Waals surface area contributed by atoms with Crippen LogP contribution in [0.1, 0.15) is 31.5 Å². The van der Waals surface area contributed by atoms with Gasteiger partial charge < -0.3 is 28.8 Å². The first-order valence-electron chi connectivity index (χ1n) is 11.9. The van der Waals surface area contributed by atoms with Crippen molar-refractivity contribution in [2.24, 2.45) is 12.5 Å². The molecule has 1 fully saturated rings. The smallest absolute Gasteiger partial charge is 0.212 e. The zero-order valence-corrected chi connectivity index (χ0v) is 20.7. The zero-order chi connectivity index (χ0) is 24.6. The molecule has 3 aromatic rings. The summed E-state index contributed by atoms with van der Waals surface area (Å²) in [6, 6.07) is 3.89. The number of methoxy groups -OCH3 is 1. The lowest BCUT2D eigenvalue weighted by molar-refractivity contribution is -0.105. The van der Waals surface area contributed by atoms with Crippen molar-refractivity contribution < 1.29 is 23.7 Å². The van der Waals surface area contributed by atoms with Gasteiger partial charge in [0.2, 0.25) is 6.41 Å². The Morgan fingerprint density at radius 3 is 2.89 bits per heavy atom. The van der Waals surface area contributed by atoms with Crippen LogP contribution in [0.4, 0.5) is 5.82 Å². The van der Waals surface area contributed by atoms with E-state index in [1.54, 1.807) is 13.3 Å². The fraction of sp³-hybridized carbons (Fsp3) is 0.500. The molecule has 1 amide bonds. The van der Waals surface area contributed by atoms with Crippen LogP contribution in [0, 0.1) is 5.41 Å². The SMILES string of the molecule is COCC(C)(C)COc1cc(-c2cn(C)c3cnc(NC=O)cc23)nc2c1CCOC21CCOC1. The highest BCUT2D eigenvalue weighted by Gasteiger charge is 2.44. The molecular weight excluding hydrogens is 448 g/mol. The molecule has 0 bridgehead atoms. The van der Waals surface area contributed by atoms with Gasteiger partial charge in [0.15, 0.2) is 0 Å². The first kappa shape index (κ1) is 23.7. The number of fused-ring (bicyclic) bond motifs is 3. The number of aryl methyl sites for hydroxylation is 1. The molecule has 9 nitrogen and oxygen atoms in total. The highest BCUT2D eigenvalue weighted by Crippen LogP contribution is 2.44. The number of rotatable bonds is 8. The summed E-state index contributed by atoms with van der Waals surface area (Å²) < 4.78 is 25.9. The highest BCUT2D eigenvalue weighted by atomic mass is 16.6. The van der Waals surface area contributed by atoms with Crippen LogP contribution >= 0.6 is 0 Å². The summed E-state index contributed by atoms with van der Waals surface area (Å²) in [4.78, 5) is 20.5. The molecular formula is C26H32N4O5. The summed E-state index contributed by atoms with van der Waals surface area (Å²) >= 11 is 0. The summed E-state index contributed by atoms with van der Waals surface area (Å²) in [5.41, 5.74) is 3.94. The number of nitrogens with zero attached hydrogens (tertiary/aromatic N) is 3. The zero-order valence-electron chi connectivity index (χ0n) is 20.7. The van der Waals surface area contributed by atoms with E-state index in [9.17, 15) is 4.79 Å². The van der Waals surface area contributed by atoms with Gasteiger partial charge in [0.25, 0.3) is 0 Å². The molecule has 186 valence electrons. The van der Waals surface area contributed by atoms with Crippen molar-refractivity contribution in [3.8, 4) is 17.0 Å². The lowest BCUT2D eigenvalue weighted by Gasteiger charge is -2.35. The normalized spacial score (nSPS) is 19.8. The number of pyridine rings is 2. The van der Waals surface area contributed by atoms with Gasteiger partial charge in [-0.1, -0.05) is 13.8 Å². The minimum atomic E-state index is -0.555. The van der Waals surface area contributed by atoms with Crippen molar-refractivity contribution >= 4 is 23.1 Å². The van der Waals surface area contributed by atoms with E-state index in [0.717, 1.165) is 52.0 Å². The topological polar surface area (TPSA) is 96.7 Å². The Kier molecular flexibility index (Phi) is 6.25. The lowest BCUT2D eigenvalue weighted by Crippen LogP contribution is -2.37. The van der Waals surface area contributed by atoms with Crippen molar-refractivity contribution in [3.63, 3.8) is 0 Å². The first-order chi connectivity index (χ1) is 16.9. The Morgan fingerprint density at radius 1 is 1.29 bits per heavy atom. The standard InChI is InChI=1S/C26H32N4O5/c1-25(2,13-32-4)14-34-22-10-20(29-24-17(22)5-7-35-26(24)6-8-33-15-26)19-12-30(3)21-11-27-23(28-16-31)9-18(19)21/h9-12,16H,5-8,13-15H2,1-4H3,(H,27,28,31). The third-order valence-corrected chi connectivity index (χ3v) is 6.74. The van der Waals surface area contributed by atoms with Crippen molar-refractivity contribution in [1.29, 1.82) is 0 Å². The summed E-state index contributed by atoms with van der Waals surface area (Å²) in [5, 5.41) is 3.59. The second-order valence-electron chi connectivity index (χ2n) is 10.1. The molecule has 0 aliphatic carbocycles. The molecule has 1 atom stereocenters. The van der Waals surface area contributed by atoms with Crippen LogP contribution in [0.15, 0.2) is 24.5 Å². The summed E-state index contributed by atoms with van der Waals surface area (Å²) in [6.45, 7) is 7.08. The fourth-order valence-corrected chi connectivity index (χ4v) is 5.02. The van der Waals surface area contributed by atoms with Gasteiger partial charge in [0.1, 0.15) is 17.2 Å². The van der Waals surface area contributed by atoms with Crippen LogP contribution in [-0.2, 0) is 38.1 Å². The first-order valence-corrected chi connectivity index (χ1v) is 11.9. The number of nitrogens with one attached hydrogen (secondary N) is 1. The van der Waals surface area contributed by atoms with Crippen LogP contribution < -0.4 is 10.1 Å². The molecule has 9 heteroatoms. The number of aromatic nitrogens is 3. The molecule has 35 heavy (non-hydrogen) atoms. The second kappa shape index (κ2) is 9.22. The molecule has 5 rings (SSSR count). The van der Waals surface area contributed by atoms with E-state index >= 15 is 0 Å². The van der Waals surface area contributed by atoms with Crippen LogP contribution in [0.5, 0.6) is 5.75 Å². The third kappa shape index (κ3) is 4.39. The van der Waals surface area contributed by atoms with Crippen molar-refractivity contribution in [1.82, 2.24) is 14.5 Å². The van der Waals surface area contributed by atoms with Gasteiger partial charge in [-0.2, -0.15) is 0 Å². The third-order valence-electron chi connectivity index (χ3n) is 6.74. The van der Waals surface area contributed by atoms with E-state index in [4.69, 9.17) is 23.9 Å². The maximum absolute atomic E-state index is 11.0. The van der Waals surface area contributed by atoms with Crippen LogP contribution in [0.2, 0.25) is 0 Å². The monoisotopic (exact) mass is 480 g/mol. The van der Waals surface area contributed by atoms with E-state index in [2.05, 4.69) is 24.1 Å². The number of carbonyl (C=O) groups excluding carboxylic acids is 1. The van der Waals surface area contributed by atoms with Gasteiger partial charge >= 0.3 is 0 Å². The average Bonchev–Trinajstić information content (AvgIpc) is 3.43. The molecule has 5 heterocycles. The molecule has 2 aliphatic rings. The highest BCUT2D eigenvalue weighted by molar-refractivity contribution is 5.97. The van der Waals surface area contributed by atoms with Gasteiger partial charge in [-0.05, 0) is 6.07 Å². The van der Waals surface area contributed by atoms with Crippen molar-refractivity contribution in [2.75, 3.05) is 45.5 Å². The van der Waals surface area contributed by atoms with E-state index in [1.807, 2.05) is 29.9 Å². The maximum Gasteiger partial charge on any atom is 0.212 e. The van der Waals surface area contributed by atoms with Crippen molar-refractivity contribution in [3.05, 3.63) is 35.8 Å². The molecule has 1 spiro atoms. The predicted molar refractivity (Wildman–Crippen MR) is 132 cm³/mol. The summed E-state index contributed by atoms with van der Waals surface area (Å²) in [7, 11) is 3.68. The number of amides is 1. The van der Waals surface area contributed by atoms with Gasteiger partial charge in [-0.3, -0.25) is 4.79 Å². The predicted octanol–water partition coefficient (Wildman–Crippen LogP) is 3.44. The van der Waals surface area contributed by atoms with Gasteiger partial charge in [0, 0.05) is 67.8 Å². The van der Waals surface area contributed by atoms with E-state index < -0.39 is 5.60 Å². The molecule has 1 saturated heterocycles. The van der Waals surface area contributed by atoms with E-state index in [-0.39, 0.29) is 5.41 Å². The molecule has 1 unspecified atom stereocenters. The van der Waals surface area contributed by atoms with Gasteiger partial charge in [-0.15, -0.1) is 0 Å². The summed E-state index contributed by atoms with van der Waals surface area (Å²) in [5.74, 6) is 1.31. The number of ether oxygens (including phenoxy) is 4. The Balaban J connectivity index is 1.66. The number of anilines is 1. The fourth-order valence-electron chi connectivity index (χ4n) is 5.02. The lowest BCUT2D eigenvalue weighted by atomic mass is 9.89. The minimum absolute atomic E-state index is 0.148. The van der Waals surface area contributed by atoms with E-state index in [0.29, 0.717) is 45.3 Å². The molecule has 0 radical (unpaired) electrons. The number of hydrogen-bond donors (Lipinski definition) is 1. The average molecular weight is 481 g/mol. The van der Waals surface area contributed by atoms with Crippen LogP contribution in [0.25, 0.3) is 22.2 Å². The van der Waals surface area contributed by atoms with Crippen molar-refractivity contribution in [2.45, 2.75) is 32.3 Å². The largest absolute Gasteiger partial charge is 0.493 e. The van der Waals surface area contributed by atoms with Crippen LogP contribution in [-0.4, -0.2) is 61.1 Å². The summed E-state index contributed by atoms with van der Waals surface area (Å²) in [6.07, 6.45) is 5.91. The second-order valence-corrected chi connectivity index (χ2v) is 10.1. The minimum Gasteiger partial charge on any atom is -0.493 e. The van der Waals surface area contributed by atoms with Gasteiger partial charge in [-0.25, -0.2) is 9.97 Å². The van der Waals surface area contributed by atoms with Crippen LogP contribution in [0.3, 0.4) is 0 Å². The molecule has 1 N–H and O–H groups in total. The number of carbonyl (C=O) groups is 1. The molecule has 0 saturated carbocycles. The molecule has 0 aromatic carbocycles. The Bertz CT molecular complexity index is 1250. The Hall–Kier alpha value is -3.01. The Labute approximate surface area is 204 Å². The quantitative estimate of drug-likeness (QED) is 0.493. The molecule has 2 aliphatic heterocycles. The maximum atomic E-state index is 11.0.